The number of nitrogen functional groups attached to an aromatic ring is 1. The van der Waals surface area contributed by atoms with Crippen molar-refractivity contribution < 1.29 is 8.78 Å². The molecule has 1 fully saturated rings. The Hall–Kier alpha value is -1.26. The number of nitrogens with two attached hydrogens (primary N) is 1. The zero-order chi connectivity index (χ0) is 13.3. The predicted octanol–water partition coefficient (Wildman–Crippen LogP) is 3.16. The zero-order valence-electron chi connectivity index (χ0n) is 10.8. The Bertz CT molecular complexity index is 432. The summed E-state index contributed by atoms with van der Waals surface area (Å²) in [6.07, 6.45) is 1.01. The molecule has 1 unspecified atom stereocenters. The third kappa shape index (κ3) is 3.15. The lowest BCUT2D eigenvalue weighted by Gasteiger charge is -2.12. The quantitative estimate of drug-likeness (QED) is 0.902. The second-order valence-corrected chi connectivity index (χ2v) is 5.54. The highest BCUT2D eigenvalue weighted by Gasteiger charge is 2.41. The molecule has 1 aliphatic carbocycles. The van der Waals surface area contributed by atoms with Crippen molar-refractivity contribution in [2.75, 3.05) is 5.73 Å². The molecule has 18 heavy (non-hydrogen) atoms. The normalized spacial score (nSPS) is 22.6. The third-order valence-corrected chi connectivity index (χ3v) is 3.20. The van der Waals surface area contributed by atoms with Gasteiger partial charge in [-0.05, 0) is 18.8 Å². The summed E-state index contributed by atoms with van der Waals surface area (Å²) in [7, 11) is 0. The molecule has 1 aromatic heterocycles. The molecule has 0 aliphatic heterocycles. The largest absolute Gasteiger partial charge is 0.384 e. The van der Waals surface area contributed by atoms with Crippen molar-refractivity contribution in [3.8, 4) is 0 Å². The van der Waals surface area contributed by atoms with Crippen molar-refractivity contribution in [1.82, 2.24) is 9.97 Å². The lowest BCUT2D eigenvalue weighted by molar-refractivity contribution is 0.00753. The lowest BCUT2D eigenvalue weighted by atomic mass is 10.1. The monoisotopic (exact) mass is 255 g/mol. The number of nitrogens with zero attached hydrogens (tertiary/aromatic N) is 2. The minimum absolute atomic E-state index is 0.0741. The van der Waals surface area contributed by atoms with E-state index in [0.29, 0.717) is 24.0 Å². The van der Waals surface area contributed by atoms with E-state index >= 15 is 0 Å². The highest BCUT2D eigenvalue weighted by atomic mass is 19.3. The number of rotatable bonds is 3. The Morgan fingerprint density at radius 1 is 1.44 bits per heavy atom. The summed E-state index contributed by atoms with van der Waals surface area (Å²) >= 11 is 0. The topological polar surface area (TPSA) is 51.8 Å². The third-order valence-electron chi connectivity index (χ3n) is 3.20. The van der Waals surface area contributed by atoms with Gasteiger partial charge in [-0.2, -0.15) is 0 Å². The van der Waals surface area contributed by atoms with Gasteiger partial charge in [0.2, 0.25) is 5.92 Å². The molecule has 0 amide bonds. The number of aromatic nitrogens is 2. The Balaban J connectivity index is 2.20. The summed E-state index contributed by atoms with van der Waals surface area (Å²) in [5.74, 6) is -1.50. The molecule has 1 atom stereocenters. The number of anilines is 1. The SMILES string of the molecule is CC(C)Cc1cc(N)nc(C2CCC(F)(F)C2)n1. The number of hydrogen-bond acceptors (Lipinski definition) is 3. The fourth-order valence-electron chi connectivity index (χ4n) is 2.42. The van der Waals surface area contributed by atoms with Crippen molar-refractivity contribution >= 4 is 5.82 Å². The number of halogens is 2. The van der Waals surface area contributed by atoms with Gasteiger partial charge in [-0.1, -0.05) is 13.8 Å². The first-order valence-electron chi connectivity index (χ1n) is 6.37. The first-order chi connectivity index (χ1) is 8.35. The Kier molecular flexibility index (Phi) is 3.50. The van der Waals surface area contributed by atoms with Crippen LogP contribution in [0.1, 0.15) is 50.5 Å². The molecule has 2 N–H and O–H groups in total. The van der Waals surface area contributed by atoms with E-state index in [1.807, 2.05) is 0 Å². The molecular formula is C13H19F2N3. The van der Waals surface area contributed by atoms with Crippen LogP contribution in [0.3, 0.4) is 0 Å². The molecule has 2 rings (SSSR count). The molecule has 1 saturated carbocycles. The fraction of sp³-hybridized carbons (Fsp3) is 0.692. The maximum atomic E-state index is 13.2. The number of hydrogen-bond donors (Lipinski definition) is 1. The second kappa shape index (κ2) is 4.78. The van der Waals surface area contributed by atoms with Crippen LogP contribution < -0.4 is 5.73 Å². The second-order valence-electron chi connectivity index (χ2n) is 5.54. The molecule has 1 aliphatic rings. The van der Waals surface area contributed by atoms with Crippen molar-refractivity contribution in [3.63, 3.8) is 0 Å². The van der Waals surface area contributed by atoms with Gasteiger partial charge in [0.15, 0.2) is 0 Å². The highest BCUT2D eigenvalue weighted by Crippen LogP contribution is 2.43. The van der Waals surface area contributed by atoms with E-state index in [-0.39, 0.29) is 18.8 Å². The van der Waals surface area contributed by atoms with Crippen LogP contribution >= 0.6 is 0 Å². The van der Waals surface area contributed by atoms with E-state index in [4.69, 9.17) is 5.73 Å². The van der Waals surface area contributed by atoms with Gasteiger partial charge in [0.1, 0.15) is 11.6 Å². The van der Waals surface area contributed by atoms with E-state index in [0.717, 1.165) is 12.1 Å². The van der Waals surface area contributed by atoms with Gasteiger partial charge in [0, 0.05) is 30.5 Å². The Morgan fingerprint density at radius 3 is 2.72 bits per heavy atom. The van der Waals surface area contributed by atoms with Gasteiger partial charge in [0.05, 0.1) is 0 Å². The van der Waals surface area contributed by atoms with E-state index < -0.39 is 5.92 Å². The van der Waals surface area contributed by atoms with E-state index in [2.05, 4.69) is 23.8 Å². The highest BCUT2D eigenvalue weighted by molar-refractivity contribution is 5.31. The minimum atomic E-state index is -2.57. The first-order valence-corrected chi connectivity index (χ1v) is 6.37. The molecule has 0 radical (unpaired) electrons. The molecule has 1 heterocycles. The molecule has 5 heteroatoms. The van der Waals surface area contributed by atoms with Crippen molar-refractivity contribution in [2.24, 2.45) is 5.92 Å². The molecule has 3 nitrogen and oxygen atoms in total. The van der Waals surface area contributed by atoms with Crippen molar-refractivity contribution in [2.45, 2.75) is 51.4 Å². The van der Waals surface area contributed by atoms with Crippen LogP contribution in [-0.2, 0) is 6.42 Å². The maximum Gasteiger partial charge on any atom is 0.248 e. The van der Waals surface area contributed by atoms with Crippen LogP contribution in [0.15, 0.2) is 6.07 Å². The van der Waals surface area contributed by atoms with Gasteiger partial charge in [-0.15, -0.1) is 0 Å². The number of alkyl halides is 2. The van der Waals surface area contributed by atoms with Gasteiger partial charge < -0.3 is 5.73 Å². The van der Waals surface area contributed by atoms with Crippen molar-refractivity contribution in [3.05, 3.63) is 17.6 Å². The minimum Gasteiger partial charge on any atom is -0.384 e. The average molecular weight is 255 g/mol. The smallest absolute Gasteiger partial charge is 0.248 e. The van der Waals surface area contributed by atoms with Gasteiger partial charge in [-0.25, -0.2) is 18.7 Å². The Morgan fingerprint density at radius 2 is 2.17 bits per heavy atom. The first kappa shape index (κ1) is 13.2. The van der Waals surface area contributed by atoms with Gasteiger partial charge in [-0.3, -0.25) is 0 Å². The lowest BCUT2D eigenvalue weighted by Crippen LogP contribution is -2.12. The summed E-state index contributed by atoms with van der Waals surface area (Å²) in [5, 5.41) is 0. The van der Waals surface area contributed by atoms with Gasteiger partial charge in [0.25, 0.3) is 0 Å². The standard InChI is InChI=1S/C13H19F2N3/c1-8(2)5-10-6-11(16)18-12(17-10)9-3-4-13(14,15)7-9/h6,8-9H,3-5,7H2,1-2H3,(H2,16,17,18). The van der Waals surface area contributed by atoms with Gasteiger partial charge >= 0.3 is 0 Å². The summed E-state index contributed by atoms with van der Waals surface area (Å²) in [5.41, 5.74) is 6.58. The van der Waals surface area contributed by atoms with Crippen LogP contribution in [0.4, 0.5) is 14.6 Å². The summed E-state index contributed by atoms with van der Waals surface area (Å²) in [6, 6.07) is 1.73. The molecule has 1 aromatic rings. The fourth-order valence-corrected chi connectivity index (χ4v) is 2.42. The Labute approximate surface area is 106 Å². The van der Waals surface area contributed by atoms with E-state index in [1.54, 1.807) is 6.07 Å². The summed E-state index contributed by atoms with van der Waals surface area (Å²) < 4.78 is 26.4. The maximum absolute atomic E-state index is 13.2. The summed E-state index contributed by atoms with van der Waals surface area (Å²) in [6.45, 7) is 4.17. The van der Waals surface area contributed by atoms with Crippen LogP contribution in [0.5, 0.6) is 0 Å². The van der Waals surface area contributed by atoms with Crippen LogP contribution in [-0.4, -0.2) is 15.9 Å². The van der Waals surface area contributed by atoms with E-state index in [9.17, 15) is 8.78 Å². The summed E-state index contributed by atoms with van der Waals surface area (Å²) in [4.78, 5) is 8.52. The van der Waals surface area contributed by atoms with Crippen LogP contribution in [0, 0.1) is 5.92 Å². The molecule has 0 saturated heterocycles. The molecule has 0 spiro atoms. The van der Waals surface area contributed by atoms with Crippen LogP contribution in [0.2, 0.25) is 0 Å². The zero-order valence-corrected chi connectivity index (χ0v) is 10.8. The van der Waals surface area contributed by atoms with E-state index in [1.165, 1.54) is 0 Å². The molecule has 100 valence electrons. The predicted molar refractivity (Wildman–Crippen MR) is 66.5 cm³/mol. The molecule has 0 aromatic carbocycles. The molecule has 0 bridgehead atoms. The molecular weight excluding hydrogens is 236 g/mol. The average Bonchev–Trinajstić information content (AvgIpc) is 2.57. The van der Waals surface area contributed by atoms with Crippen molar-refractivity contribution in [1.29, 1.82) is 0 Å². The van der Waals surface area contributed by atoms with Crippen LogP contribution in [0.25, 0.3) is 0 Å².